The highest BCUT2D eigenvalue weighted by Crippen LogP contribution is 2.43. The molecule has 2 unspecified atom stereocenters. The maximum Gasteiger partial charge on any atom is 0.472 e. The molecule has 0 radical (unpaired) electrons. The van der Waals surface area contributed by atoms with E-state index in [1.807, 2.05) is 12.2 Å². The molecule has 4 atom stereocenters. The Labute approximate surface area is 367 Å². The Kier molecular flexibility index (Phi) is 39.6. The fourth-order valence-electron chi connectivity index (χ4n) is 5.59. The van der Waals surface area contributed by atoms with Crippen LogP contribution in [-0.4, -0.2) is 71.1 Å². The van der Waals surface area contributed by atoms with Crippen molar-refractivity contribution in [2.45, 2.75) is 180 Å². The molecule has 0 heterocycles. The highest BCUT2D eigenvalue weighted by Gasteiger charge is 2.28. The third kappa shape index (κ3) is 41.7. The Bertz CT molecular complexity index is 1370. The van der Waals surface area contributed by atoms with Gasteiger partial charge in [-0.05, 0) is 83.5 Å². The molecule has 13 heteroatoms. The number of carboxylic acid groups (broad SMARTS) is 1. The first-order valence-corrected chi connectivity index (χ1v) is 24.2. The smallest absolute Gasteiger partial charge is 0.472 e. The second-order valence-corrected chi connectivity index (χ2v) is 16.5. The van der Waals surface area contributed by atoms with Gasteiger partial charge in [-0.25, -0.2) is 4.57 Å². The number of phosphoric acid groups is 1. The van der Waals surface area contributed by atoms with Crippen molar-refractivity contribution in [2.24, 2.45) is 5.73 Å². The lowest BCUT2D eigenvalue weighted by atomic mass is 10.1. The topological polar surface area (TPSA) is 192 Å². The molecular weight excluding hydrogens is 797 g/mol. The van der Waals surface area contributed by atoms with Gasteiger partial charge in [0.25, 0.3) is 0 Å². The van der Waals surface area contributed by atoms with E-state index in [0.29, 0.717) is 19.3 Å². The van der Waals surface area contributed by atoms with Gasteiger partial charge in [0.1, 0.15) is 12.6 Å². The van der Waals surface area contributed by atoms with E-state index < -0.39 is 63.8 Å². The highest BCUT2D eigenvalue weighted by atomic mass is 31.2. The number of hydrogen-bond acceptors (Lipinski definition) is 10. The third-order valence-corrected chi connectivity index (χ3v) is 10.2. The predicted octanol–water partition coefficient (Wildman–Crippen LogP) is 11.3. The summed E-state index contributed by atoms with van der Waals surface area (Å²) >= 11 is 0. The van der Waals surface area contributed by atoms with Gasteiger partial charge in [0, 0.05) is 12.8 Å². The summed E-state index contributed by atoms with van der Waals surface area (Å²) in [4.78, 5) is 46.0. The molecule has 0 saturated heterocycles. The summed E-state index contributed by atoms with van der Waals surface area (Å²) in [7, 11) is -4.78. The number of allylic oxidation sites excluding steroid dienone is 13. The average molecular weight is 878 g/mol. The van der Waals surface area contributed by atoms with E-state index in [1.165, 1.54) is 57.8 Å². The molecule has 0 bridgehead atoms. The summed E-state index contributed by atoms with van der Waals surface area (Å²) in [5, 5.41) is 19.2. The maximum absolute atomic E-state index is 12.6. The monoisotopic (exact) mass is 878 g/mol. The summed E-state index contributed by atoms with van der Waals surface area (Å²) in [5.74, 6) is -2.65. The Morgan fingerprint density at radius 1 is 0.590 bits per heavy atom. The van der Waals surface area contributed by atoms with Crippen molar-refractivity contribution in [3.63, 3.8) is 0 Å². The van der Waals surface area contributed by atoms with Gasteiger partial charge in [0.2, 0.25) is 0 Å². The number of carbonyl (C=O) groups is 3. The van der Waals surface area contributed by atoms with Crippen LogP contribution in [0.15, 0.2) is 85.1 Å². The van der Waals surface area contributed by atoms with Crippen LogP contribution in [0, 0.1) is 0 Å². The summed E-state index contributed by atoms with van der Waals surface area (Å²) in [6, 6.07) is -1.56. The lowest BCUT2D eigenvalue weighted by Gasteiger charge is -2.20. The zero-order chi connectivity index (χ0) is 45.1. The standard InChI is InChI=1S/C48H80NO11P/c1-3-5-7-9-11-13-15-17-18-19-20-21-22-24-26-28-30-32-34-38-47(52)60-44(41-58-61(55,56)59-42-45(49)48(53)54)40-57-46(51)39-35-37-43(50)36-33-31-29-27-25-23-16-14-12-10-8-6-4-2/h11,13,17-18,20-21,23-26,29,31,33,36,43-45,50H,3-10,12,14-16,19,22,27-28,30,32,34-35,37-42,49H2,1-2H3,(H,53,54)(H,55,56)/b13-11-,18-17-,21-20-,25-23+,26-24-,31-29+,36-33+/t43?,44-,45+/m1/s1. The number of carboxylic acids is 1. The Morgan fingerprint density at radius 2 is 1.07 bits per heavy atom. The molecule has 0 aromatic carbocycles. The number of nitrogens with two attached hydrogens (primary N) is 1. The number of hydrogen-bond donors (Lipinski definition) is 4. The van der Waals surface area contributed by atoms with Gasteiger partial charge in [0.05, 0.1) is 19.3 Å². The molecule has 0 amide bonds. The molecule has 0 rings (SSSR count). The zero-order valence-electron chi connectivity index (χ0n) is 37.3. The highest BCUT2D eigenvalue weighted by molar-refractivity contribution is 7.47. The van der Waals surface area contributed by atoms with Crippen molar-refractivity contribution in [1.82, 2.24) is 0 Å². The van der Waals surface area contributed by atoms with Crippen molar-refractivity contribution in [3.8, 4) is 0 Å². The Hall–Kier alpha value is -3.38. The minimum absolute atomic E-state index is 0.0141. The quantitative estimate of drug-likeness (QED) is 0.0150. The van der Waals surface area contributed by atoms with Crippen LogP contribution in [0.3, 0.4) is 0 Å². The number of unbranched alkanes of at least 4 members (excludes halogenated alkanes) is 12. The van der Waals surface area contributed by atoms with E-state index in [0.717, 1.165) is 57.8 Å². The lowest BCUT2D eigenvalue weighted by Crippen LogP contribution is -2.34. The first-order valence-electron chi connectivity index (χ1n) is 22.7. The first kappa shape index (κ1) is 57.6. The van der Waals surface area contributed by atoms with Gasteiger partial charge >= 0.3 is 25.7 Å². The molecule has 0 spiro atoms. The molecule has 5 N–H and O–H groups in total. The molecule has 0 saturated carbocycles. The number of phosphoric ester groups is 1. The Balaban J connectivity index is 4.60. The van der Waals surface area contributed by atoms with Crippen molar-refractivity contribution in [3.05, 3.63) is 85.1 Å². The van der Waals surface area contributed by atoms with Gasteiger partial charge in [-0.1, -0.05) is 150 Å². The van der Waals surface area contributed by atoms with Gasteiger partial charge in [-0.15, -0.1) is 0 Å². The van der Waals surface area contributed by atoms with Crippen LogP contribution >= 0.6 is 7.82 Å². The summed E-state index contributed by atoms with van der Waals surface area (Å²) < 4.78 is 32.6. The second kappa shape index (κ2) is 41.9. The fraction of sp³-hybridized carbons (Fsp3) is 0.646. The predicted molar refractivity (Wildman–Crippen MR) is 246 cm³/mol. The average Bonchev–Trinajstić information content (AvgIpc) is 3.23. The molecule has 0 aliphatic carbocycles. The number of aliphatic hydroxyl groups is 1. The molecular formula is C48H80NO11P. The van der Waals surface area contributed by atoms with E-state index in [-0.39, 0.29) is 12.8 Å². The normalized spacial score (nSPS) is 15.0. The second-order valence-electron chi connectivity index (χ2n) is 15.0. The van der Waals surface area contributed by atoms with Crippen LogP contribution in [0.4, 0.5) is 0 Å². The number of carbonyl (C=O) groups excluding carboxylic acids is 2. The summed E-state index contributed by atoms with van der Waals surface area (Å²) in [6.07, 6.45) is 48.2. The van der Waals surface area contributed by atoms with Crippen LogP contribution in [0.2, 0.25) is 0 Å². The van der Waals surface area contributed by atoms with Gasteiger partial charge in [-0.2, -0.15) is 0 Å². The molecule has 0 aromatic rings. The van der Waals surface area contributed by atoms with Gasteiger partial charge in [-0.3, -0.25) is 23.4 Å². The first-order chi connectivity index (χ1) is 29.5. The van der Waals surface area contributed by atoms with Crippen molar-refractivity contribution in [2.75, 3.05) is 19.8 Å². The van der Waals surface area contributed by atoms with Crippen molar-refractivity contribution < 1.29 is 52.6 Å². The molecule has 348 valence electrons. The van der Waals surface area contributed by atoms with E-state index >= 15 is 0 Å². The number of aliphatic hydroxyl groups excluding tert-OH is 1. The molecule has 0 aliphatic heterocycles. The van der Waals surface area contributed by atoms with Crippen LogP contribution < -0.4 is 5.73 Å². The van der Waals surface area contributed by atoms with E-state index in [9.17, 15) is 28.9 Å². The molecule has 0 fully saturated rings. The Morgan fingerprint density at radius 3 is 1.66 bits per heavy atom. The van der Waals surface area contributed by atoms with Crippen molar-refractivity contribution >= 4 is 25.7 Å². The van der Waals surface area contributed by atoms with Crippen LogP contribution in [0.5, 0.6) is 0 Å². The molecule has 61 heavy (non-hydrogen) atoms. The van der Waals surface area contributed by atoms with E-state index in [2.05, 4.69) is 79.1 Å². The molecule has 0 aliphatic rings. The number of rotatable bonds is 41. The number of aliphatic carboxylic acids is 1. The lowest BCUT2D eigenvalue weighted by molar-refractivity contribution is -0.161. The summed E-state index contributed by atoms with van der Waals surface area (Å²) in [6.45, 7) is 2.53. The minimum atomic E-state index is -4.78. The molecule has 0 aromatic heterocycles. The van der Waals surface area contributed by atoms with Gasteiger partial charge < -0.3 is 30.3 Å². The SMILES string of the molecule is CCCCC/C=C\C/C=C\C/C=C\C/C=C\CCCCCC(=O)O[C@H](COC(=O)CCCC(O)/C=C/C=C/C/C=C/CCCCCCCC)COP(=O)(O)OC[C@H](N)C(=O)O. The largest absolute Gasteiger partial charge is 0.480 e. The number of esters is 2. The third-order valence-electron chi connectivity index (χ3n) is 9.22. The van der Waals surface area contributed by atoms with E-state index in [4.69, 9.17) is 24.8 Å². The van der Waals surface area contributed by atoms with E-state index in [1.54, 1.807) is 12.2 Å². The van der Waals surface area contributed by atoms with Crippen LogP contribution in [-0.2, 0) is 37.5 Å². The zero-order valence-corrected chi connectivity index (χ0v) is 38.2. The minimum Gasteiger partial charge on any atom is -0.480 e. The maximum atomic E-state index is 12.6. The van der Waals surface area contributed by atoms with Crippen LogP contribution in [0.1, 0.15) is 162 Å². The van der Waals surface area contributed by atoms with Crippen LogP contribution in [0.25, 0.3) is 0 Å². The number of ether oxygens (including phenoxy) is 2. The van der Waals surface area contributed by atoms with Gasteiger partial charge in [0.15, 0.2) is 6.10 Å². The van der Waals surface area contributed by atoms with Crippen molar-refractivity contribution in [1.29, 1.82) is 0 Å². The summed E-state index contributed by atoms with van der Waals surface area (Å²) in [5.41, 5.74) is 5.32. The fourth-order valence-corrected chi connectivity index (χ4v) is 6.36. The molecule has 12 nitrogen and oxygen atoms in total.